The number of hydrogen-bond donors (Lipinski definition) is 0. The molecule has 6 nitrogen and oxygen atoms in total. The fourth-order valence-corrected chi connectivity index (χ4v) is 3.96. The number of non-ortho nitro benzene ring substituents is 1. The van der Waals surface area contributed by atoms with Gasteiger partial charge in [0.05, 0.1) is 15.4 Å². The van der Waals surface area contributed by atoms with E-state index in [0.29, 0.717) is 28.3 Å². The van der Waals surface area contributed by atoms with E-state index < -0.39 is 4.92 Å². The number of benzene rings is 1. The lowest BCUT2D eigenvalue weighted by Crippen LogP contribution is -2.32. The summed E-state index contributed by atoms with van der Waals surface area (Å²) in [5.74, 6) is 0.141. The van der Waals surface area contributed by atoms with E-state index in [4.69, 9.17) is 0 Å². The van der Waals surface area contributed by atoms with Gasteiger partial charge in [-0.05, 0) is 29.9 Å². The Morgan fingerprint density at radius 1 is 0.963 bits per heavy atom. The van der Waals surface area contributed by atoms with Crippen molar-refractivity contribution in [1.29, 1.82) is 0 Å². The van der Waals surface area contributed by atoms with Gasteiger partial charge >= 0.3 is 0 Å². The number of amides is 2. The Morgan fingerprint density at radius 3 is 2.19 bits per heavy atom. The van der Waals surface area contributed by atoms with Crippen LogP contribution in [0.5, 0.6) is 0 Å². The van der Waals surface area contributed by atoms with Crippen molar-refractivity contribution in [3.63, 3.8) is 0 Å². The molecule has 0 saturated carbocycles. The Bertz CT molecular complexity index is 728. The molecule has 0 fully saturated rings. The molecule has 0 bridgehead atoms. The monoisotopic (exact) mass is 390 g/mol. The lowest BCUT2D eigenvalue weighted by molar-refractivity contribution is -0.384. The van der Waals surface area contributed by atoms with E-state index >= 15 is 0 Å². The third-order valence-electron chi connectivity index (χ3n) is 4.52. The normalized spacial score (nSPS) is 14.4. The van der Waals surface area contributed by atoms with E-state index in [9.17, 15) is 19.7 Å². The number of hydrogen-bond acceptors (Lipinski definition) is 5. The Morgan fingerprint density at radius 2 is 1.59 bits per heavy atom. The van der Waals surface area contributed by atoms with E-state index in [1.54, 1.807) is 12.1 Å². The number of nitro benzene ring substituents is 1. The summed E-state index contributed by atoms with van der Waals surface area (Å²) in [6, 6.07) is 5.82. The Hall–Kier alpha value is -2.15. The van der Waals surface area contributed by atoms with Crippen LogP contribution in [0.2, 0.25) is 0 Å². The van der Waals surface area contributed by atoms with Gasteiger partial charge in [-0.3, -0.25) is 24.6 Å². The third kappa shape index (κ3) is 5.19. The Balaban J connectivity index is 2.13. The van der Waals surface area contributed by atoms with Gasteiger partial charge in [0.2, 0.25) is 0 Å². The summed E-state index contributed by atoms with van der Waals surface area (Å²) >= 11 is 1.35. The second-order valence-electron chi connectivity index (χ2n) is 6.47. The Kier molecular flexibility index (Phi) is 8.03. The van der Waals surface area contributed by atoms with Gasteiger partial charge in [-0.2, -0.15) is 0 Å². The topological polar surface area (TPSA) is 80.5 Å². The molecule has 0 aromatic heterocycles. The predicted molar refractivity (Wildman–Crippen MR) is 108 cm³/mol. The summed E-state index contributed by atoms with van der Waals surface area (Å²) in [5, 5.41) is 10.8. The van der Waals surface area contributed by atoms with Crippen LogP contribution >= 0.6 is 11.8 Å². The van der Waals surface area contributed by atoms with Crippen molar-refractivity contribution >= 4 is 34.8 Å². The molecule has 1 heterocycles. The highest BCUT2D eigenvalue weighted by Crippen LogP contribution is 2.36. The molecular weight excluding hydrogens is 364 g/mol. The van der Waals surface area contributed by atoms with Crippen molar-refractivity contribution < 1.29 is 14.5 Å². The molecule has 0 aliphatic carbocycles. The van der Waals surface area contributed by atoms with E-state index in [1.165, 1.54) is 48.1 Å². The summed E-state index contributed by atoms with van der Waals surface area (Å²) in [4.78, 5) is 37.8. The molecule has 1 aromatic carbocycles. The molecule has 0 saturated heterocycles. The quantitative estimate of drug-likeness (QED) is 0.235. The summed E-state index contributed by atoms with van der Waals surface area (Å²) < 4.78 is 0. The van der Waals surface area contributed by atoms with E-state index in [2.05, 4.69) is 6.92 Å². The Labute approximate surface area is 164 Å². The zero-order valence-corrected chi connectivity index (χ0v) is 16.7. The second-order valence-corrected chi connectivity index (χ2v) is 7.75. The van der Waals surface area contributed by atoms with Gasteiger partial charge < -0.3 is 0 Å². The number of imide groups is 1. The number of rotatable bonds is 11. The minimum atomic E-state index is -0.480. The van der Waals surface area contributed by atoms with E-state index in [-0.39, 0.29) is 17.5 Å². The fourth-order valence-electron chi connectivity index (χ4n) is 3.09. The molecule has 0 spiro atoms. The number of carbonyl (C=O) groups excluding carboxylic acids is 2. The van der Waals surface area contributed by atoms with Gasteiger partial charge in [-0.1, -0.05) is 46.0 Å². The summed E-state index contributed by atoms with van der Waals surface area (Å²) in [6.45, 7) is 4.52. The first kappa shape index (κ1) is 21.2. The molecule has 7 heteroatoms. The molecule has 27 heavy (non-hydrogen) atoms. The lowest BCUT2D eigenvalue weighted by Gasteiger charge is -2.15. The number of carbonyl (C=O) groups is 2. The molecule has 0 atom stereocenters. The first-order chi connectivity index (χ1) is 13.0. The fraction of sp³-hybridized carbons (Fsp3) is 0.500. The van der Waals surface area contributed by atoms with Gasteiger partial charge in [0, 0.05) is 18.7 Å². The highest BCUT2D eigenvalue weighted by atomic mass is 32.2. The predicted octanol–water partition coefficient (Wildman–Crippen LogP) is 4.79. The molecule has 1 aromatic rings. The highest BCUT2D eigenvalue weighted by molar-refractivity contribution is 8.04. The van der Waals surface area contributed by atoms with Crippen LogP contribution in [0.1, 0.15) is 57.9 Å². The van der Waals surface area contributed by atoms with Crippen molar-refractivity contribution in [2.24, 2.45) is 0 Å². The maximum Gasteiger partial charge on any atom is 0.269 e. The summed E-state index contributed by atoms with van der Waals surface area (Å²) in [5.41, 5.74) is 0.887. The maximum atomic E-state index is 12.9. The van der Waals surface area contributed by atoms with Gasteiger partial charge in [0.1, 0.15) is 0 Å². The first-order valence-electron chi connectivity index (χ1n) is 9.49. The van der Waals surface area contributed by atoms with Crippen molar-refractivity contribution in [3.05, 3.63) is 44.8 Å². The van der Waals surface area contributed by atoms with Gasteiger partial charge in [0.25, 0.3) is 17.5 Å². The number of thioether (sulfide) groups is 1. The average molecular weight is 391 g/mol. The van der Waals surface area contributed by atoms with Crippen molar-refractivity contribution in [1.82, 2.24) is 4.90 Å². The van der Waals surface area contributed by atoms with E-state index in [0.717, 1.165) is 19.3 Å². The molecule has 2 rings (SSSR count). The second kappa shape index (κ2) is 10.3. The molecular formula is C20H26N2O4S. The van der Waals surface area contributed by atoms with Crippen LogP contribution in [0.15, 0.2) is 29.2 Å². The van der Waals surface area contributed by atoms with Crippen molar-refractivity contribution in [2.45, 2.75) is 52.4 Å². The first-order valence-corrected chi connectivity index (χ1v) is 10.5. The molecule has 2 amide bonds. The minimum Gasteiger partial charge on any atom is -0.274 e. The van der Waals surface area contributed by atoms with Gasteiger partial charge in [-0.15, -0.1) is 11.8 Å². The number of nitrogens with zero attached hydrogens (tertiary/aromatic N) is 2. The average Bonchev–Trinajstić information content (AvgIpc) is 2.89. The zero-order chi connectivity index (χ0) is 19.8. The van der Waals surface area contributed by atoms with Crippen LogP contribution in [0, 0.1) is 10.1 Å². The van der Waals surface area contributed by atoms with Gasteiger partial charge in [-0.25, -0.2) is 0 Å². The van der Waals surface area contributed by atoms with Crippen LogP contribution in [-0.2, 0) is 9.59 Å². The molecule has 0 N–H and O–H groups in total. The maximum absolute atomic E-state index is 12.9. The molecule has 0 unspecified atom stereocenters. The number of nitro groups is 1. The largest absolute Gasteiger partial charge is 0.274 e. The van der Waals surface area contributed by atoms with E-state index in [1.807, 2.05) is 6.92 Å². The van der Waals surface area contributed by atoms with Crippen molar-refractivity contribution in [3.8, 4) is 0 Å². The van der Waals surface area contributed by atoms with Crippen LogP contribution in [0.4, 0.5) is 5.69 Å². The molecule has 1 aliphatic rings. The summed E-state index contributed by atoms with van der Waals surface area (Å²) in [7, 11) is 0. The highest BCUT2D eigenvalue weighted by Gasteiger charge is 2.38. The lowest BCUT2D eigenvalue weighted by atomic mass is 10.1. The van der Waals surface area contributed by atoms with Gasteiger partial charge in [0.15, 0.2) is 0 Å². The summed E-state index contributed by atoms with van der Waals surface area (Å²) in [6.07, 6.45) is 6.50. The van der Waals surface area contributed by atoms with Crippen LogP contribution in [-0.4, -0.2) is 33.9 Å². The minimum absolute atomic E-state index is 0.0373. The number of unbranched alkanes of at least 4 members (excludes halogenated alkanes) is 5. The third-order valence-corrected chi connectivity index (χ3v) is 5.47. The molecule has 146 valence electrons. The van der Waals surface area contributed by atoms with Crippen LogP contribution < -0.4 is 0 Å². The van der Waals surface area contributed by atoms with Crippen LogP contribution in [0.3, 0.4) is 0 Å². The SMILES string of the molecule is CCCCCCCCN1C(=O)C(SCC)=C(c2ccc([N+](=O)[O-])cc2)C1=O. The standard InChI is InChI=1S/C20H26N2O4S/c1-3-5-6-7-8-9-14-21-19(23)17(18(20(21)24)27-4-2)15-10-12-16(13-11-15)22(25)26/h10-13H,3-9,14H2,1-2H3. The smallest absolute Gasteiger partial charge is 0.269 e. The van der Waals surface area contributed by atoms with Crippen molar-refractivity contribution in [2.75, 3.05) is 12.3 Å². The van der Waals surface area contributed by atoms with Crippen LogP contribution in [0.25, 0.3) is 5.57 Å². The molecule has 1 aliphatic heterocycles. The zero-order valence-electron chi connectivity index (χ0n) is 15.9. The molecule has 0 radical (unpaired) electrons.